The van der Waals surface area contributed by atoms with Crippen molar-refractivity contribution in [3.8, 4) is 11.5 Å². The number of hydrogen-bond acceptors (Lipinski definition) is 5. The van der Waals surface area contributed by atoms with E-state index in [2.05, 4.69) is 31.8 Å². The molecule has 3 rings (SSSR count). The summed E-state index contributed by atoms with van der Waals surface area (Å²) in [5.41, 5.74) is 4.82. The van der Waals surface area contributed by atoms with Crippen molar-refractivity contribution in [3.63, 3.8) is 0 Å². The smallest absolute Gasteiger partial charge is 0.329 e. The van der Waals surface area contributed by atoms with Gasteiger partial charge in [-0.3, -0.25) is 9.59 Å². The summed E-state index contributed by atoms with van der Waals surface area (Å²) < 4.78 is 12.3. The van der Waals surface area contributed by atoms with Gasteiger partial charge < -0.3 is 14.8 Å². The first-order chi connectivity index (χ1) is 16.0. The van der Waals surface area contributed by atoms with Crippen LogP contribution in [0.4, 0.5) is 0 Å². The lowest BCUT2D eigenvalue weighted by molar-refractivity contribution is -0.139. The van der Waals surface area contributed by atoms with Gasteiger partial charge in [0.25, 0.3) is 0 Å². The Bertz CT molecular complexity index is 1120. The Hall–Kier alpha value is -3.65. The summed E-state index contributed by atoms with van der Waals surface area (Å²) >= 11 is 3.41. The molecule has 0 aliphatic heterocycles. The highest BCUT2D eigenvalue weighted by Gasteiger charge is 2.16. The van der Waals surface area contributed by atoms with E-state index in [0.29, 0.717) is 23.7 Å². The number of hydrogen-bond donors (Lipinski definition) is 2. The predicted molar refractivity (Wildman–Crippen MR) is 130 cm³/mol. The fourth-order valence-electron chi connectivity index (χ4n) is 2.93. The SMILES string of the molecule is COc1cc(/C=N\NC(=O)C(=O)N[C@H](C)c2ccccc2)ccc1OCc1ccc(Br)cc1. The number of halogens is 1. The first kappa shape index (κ1) is 24.0. The maximum atomic E-state index is 12.1. The number of carbonyl (C=O) groups is 2. The molecular weight excluding hydrogens is 486 g/mol. The van der Waals surface area contributed by atoms with Gasteiger partial charge in [-0.1, -0.05) is 58.4 Å². The molecule has 0 radical (unpaired) electrons. The number of amides is 2. The Labute approximate surface area is 200 Å². The highest BCUT2D eigenvalue weighted by Crippen LogP contribution is 2.28. The lowest BCUT2D eigenvalue weighted by atomic mass is 10.1. The predicted octanol–water partition coefficient (Wildman–Crippen LogP) is 4.36. The average Bonchev–Trinajstić information content (AvgIpc) is 2.84. The molecule has 2 amide bonds. The molecular formula is C25H24BrN3O4. The van der Waals surface area contributed by atoms with Crippen LogP contribution in [0.25, 0.3) is 0 Å². The minimum atomic E-state index is -0.851. The zero-order chi connectivity index (χ0) is 23.6. The lowest BCUT2D eigenvalue weighted by Gasteiger charge is -2.13. The summed E-state index contributed by atoms with van der Waals surface area (Å²) in [7, 11) is 1.54. The molecule has 33 heavy (non-hydrogen) atoms. The molecule has 0 spiro atoms. The molecule has 1 atom stereocenters. The number of nitrogens with zero attached hydrogens (tertiary/aromatic N) is 1. The molecule has 0 unspecified atom stereocenters. The van der Waals surface area contributed by atoms with Crippen molar-refractivity contribution >= 4 is 34.0 Å². The van der Waals surface area contributed by atoms with Crippen molar-refractivity contribution < 1.29 is 19.1 Å². The van der Waals surface area contributed by atoms with Crippen LogP contribution in [0.15, 0.2) is 82.4 Å². The fourth-order valence-corrected chi connectivity index (χ4v) is 3.19. The standard InChI is InChI=1S/C25H24BrN3O4/c1-17(20-6-4-3-5-7-20)28-24(30)25(31)29-27-15-19-10-13-22(23(14-19)32-2)33-16-18-8-11-21(26)12-9-18/h3-15,17H,16H2,1-2H3,(H,28,30)(H,29,31)/b27-15-/t17-/m1/s1. The molecule has 170 valence electrons. The van der Waals surface area contributed by atoms with Crippen LogP contribution in [0.3, 0.4) is 0 Å². The van der Waals surface area contributed by atoms with Crippen molar-refractivity contribution in [3.05, 3.63) is 94.0 Å². The normalized spacial score (nSPS) is 11.6. The molecule has 3 aromatic carbocycles. The monoisotopic (exact) mass is 509 g/mol. The lowest BCUT2D eigenvalue weighted by Crippen LogP contribution is -2.39. The van der Waals surface area contributed by atoms with E-state index in [1.54, 1.807) is 32.2 Å². The molecule has 0 fully saturated rings. The number of benzene rings is 3. The van der Waals surface area contributed by atoms with Crippen LogP contribution in [0.5, 0.6) is 11.5 Å². The number of nitrogens with one attached hydrogen (secondary N) is 2. The van der Waals surface area contributed by atoms with E-state index in [1.165, 1.54) is 6.21 Å². The number of carbonyl (C=O) groups excluding carboxylic acids is 2. The third kappa shape index (κ3) is 7.18. The largest absolute Gasteiger partial charge is 0.493 e. The van der Waals surface area contributed by atoms with Crippen molar-refractivity contribution in [1.82, 2.24) is 10.7 Å². The minimum absolute atomic E-state index is 0.303. The molecule has 0 heterocycles. The summed E-state index contributed by atoms with van der Waals surface area (Å²) in [4.78, 5) is 24.1. The number of ether oxygens (including phenoxy) is 2. The fraction of sp³-hybridized carbons (Fsp3) is 0.160. The van der Waals surface area contributed by atoms with Gasteiger partial charge in [-0.15, -0.1) is 0 Å². The van der Waals surface area contributed by atoms with Crippen LogP contribution in [0, 0.1) is 0 Å². The van der Waals surface area contributed by atoms with Gasteiger partial charge in [0.1, 0.15) is 6.61 Å². The van der Waals surface area contributed by atoms with E-state index in [1.807, 2.05) is 54.6 Å². The van der Waals surface area contributed by atoms with Crippen LogP contribution < -0.4 is 20.2 Å². The van der Waals surface area contributed by atoms with Gasteiger partial charge in [-0.2, -0.15) is 5.10 Å². The summed E-state index contributed by atoms with van der Waals surface area (Å²) in [5, 5.41) is 6.50. The zero-order valence-corrected chi connectivity index (χ0v) is 19.8. The molecule has 3 aromatic rings. The Kier molecular flexibility index (Phi) is 8.60. The number of rotatable bonds is 8. The van der Waals surface area contributed by atoms with E-state index in [9.17, 15) is 9.59 Å². The van der Waals surface area contributed by atoms with Crippen LogP contribution in [0.2, 0.25) is 0 Å². The summed E-state index contributed by atoms with van der Waals surface area (Å²) in [6.45, 7) is 2.19. The first-order valence-electron chi connectivity index (χ1n) is 10.2. The van der Waals surface area contributed by atoms with E-state index < -0.39 is 11.8 Å². The second-order valence-electron chi connectivity index (χ2n) is 7.13. The molecule has 0 saturated carbocycles. The number of hydrazone groups is 1. The van der Waals surface area contributed by atoms with Crippen LogP contribution in [-0.2, 0) is 16.2 Å². The Morgan fingerprint density at radius 1 is 1.00 bits per heavy atom. The van der Waals surface area contributed by atoms with Gasteiger partial charge >= 0.3 is 11.8 Å². The highest BCUT2D eigenvalue weighted by atomic mass is 79.9. The molecule has 0 saturated heterocycles. The molecule has 8 heteroatoms. The van der Waals surface area contributed by atoms with Gasteiger partial charge in [0.15, 0.2) is 11.5 Å². The van der Waals surface area contributed by atoms with Gasteiger partial charge in [-0.05, 0) is 53.9 Å². The molecule has 0 bridgehead atoms. The van der Waals surface area contributed by atoms with E-state index >= 15 is 0 Å². The third-order valence-electron chi connectivity index (χ3n) is 4.73. The third-order valence-corrected chi connectivity index (χ3v) is 5.26. The van der Waals surface area contributed by atoms with E-state index in [-0.39, 0.29) is 6.04 Å². The molecule has 0 aliphatic carbocycles. The Balaban J connectivity index is 1.54. The Morgan fingerprint density at radius 3 is 2.42 bits per heavy atom. The van der Waals surface area contributed by atoms with Crippen LogP contribution >= 0.6 is 15.9 Å². The second kappa shape index (κ2) is 11.8. The topological polar surface area (TPSA) is 89.0 Å². The average molecular weight is 510 g/mol. The highest BCUT2D eigenvalue weighted by molar-refractivity contribution is 9.10. The van der Waals surface area contributed by atoms with Crippen molar-refractivity contribution in [2.75, 3.05) is 7.11 Å². The van der Waals surface area contributed by atoms with E-state index in [4.69, 9.17) is 9.47 Å². The van der Waals surface area contributed by atoms with Gasteiger partial charge in [0, 0.05) is 4.47 Å². The van der Waals surface area contributed by atoms with Crippen LogP contribution in [-0.4, -0.2) is 25.1 Å². The van der Waals surface area contributed by atoms with Gasteiger partial charge in [0.05, 0.1) is 19.4 Å². The summed E-state index contributed by atoms with van der Waals surface area (Å²) in [5.74, 6) is -0.513. The second-order valence-corrected chi connectivity index (χ2v) is 8.05. The maximum Gasteiger partial charge on any atom is 0.329 e. The van der Waals surface area contributed by atoms with Crippen molar-refractivity contribution in [2.45, 2.75) is 19.6 Å². The summed E-state index contributed by atoms with van der Waals surface area (Å²) in [6, 6.07) is 22.2. The minimum Gasteiger partial charge on any atom is -0.493 e. The molecule has 2 N–H and O–H groups in total. The number of methoxy groups -OCH3 is 1. The first-order valence-corrected chi connectivity index (χ1v) is 11.0. The van der Waals surface area contributed by atoms with Gasteiger partial charge in [-0.25, -0.2) is 5.43 Å². The molecule has 0 aliphatic rings. The van der Waals surface area contributed by atoms with E-state index in [0.717, 1.165) is 15.6 Å². The van der Waals surface area contributed by atoms with Crippen molar-refractivity contribution in [1.29, 1.82) is 0 Å². The molecule has 7 nitrogen and oxygen atoms in total. The Morgan fingerprint density at radius 2 is 1.73 bits per heavy atom. The van der Waals surface area contributed by atoms with Crippen LogP contribution in [0.1, 0.15) is 29.7 Å². The van der Waals surface area contributed by atoms with Crippen molar-refractivity contribution in [2.24, 2.45) is 5.10 Å². The molecule has 0 aromatic heterocycles. The summed E-state index contributed by atoms with van der Waals surface area (Å²) in [6.07, 6.45) is 1.42. The van der Waals surface area contributed by atoms with Gasteiger partial charge in [0.2, 0.25) is 0 Å². The zero-order valence-electron chi connectivity index (χ0n) is 18.2. The quantitative estimate of drug-likeness (QED) is 0.268. The maximum absolute atomic E-state index is 12.1.